The Kier molecular flexibility index (Phi) is 4.97. The van der Waals surface area contributed by atoms with Crippen molar-refractivity contribution < 1.29 is 27.9 Å². The highest BCUT2D eigenvalue weighted by atomic mass is 19.4. The predicted molar refractivity (Wildman–Crippen MR) is 83.3 cm³/mol. The van der Waals surface area contributed by atoms with E-state index < -0.39 is 42.2 Å². The lowest BCUT2D eigenvalue weighted by atomic mass is 10.0. The van der Waals surface area contributed by atoms with Crippen LogP contribution in [0.1, 0.15) is 10.5 Å². The Morgan fingerprint density at radius 2 is 1.93 bits per heavy atom. The summed E-state index contributed by atoms with van der Waals surface area (Å²) in [5.41, 5.74) is -0.385. The van der Waals surface area contributed by atoms with E-state index in [-0.39, 0.29) is 18.8 Å². The van der Waals surface area contributed by atoms with Crippen LogP contribution in [-0.4, -0.2) is 67.1 Å². The van der Waals surface area contributed by atoms with Gasteiger partial charge in [0.1, 0.15) is 12.3 Å². The molecule has 2 N–H and O–H groups in total. The summed E-state index contributed by atoms with van der Waals surface area (Å²) in [4.78, 5) is 30.2. The number of alkyl halides is 3. The molecule has 27 heavy (non-hydrogen) atoms. The number of amides is 2. The standard InChI is InChI=1S/C15H15F3N6O3/c16-15(17,18)9-6-23(12(26)8-24-20-4-5-21-24)7-10(9)22-14(27)13-11(25)2-1-3-19-13/h1-5,9-10,25H,6-8H2,(H,22,27)/t9-,10-/m1/s1. The number of rotatable bonds is 4. The van der Waals surface area contributed by atoms with Gasteiger partial charge >= 0.3 is 6.18 Å². The first-order chi connectivity index (χ1) is 12.8. The van der Waals surface area contributed by atoms with Gasteiger partial charge in [-0.1, -0.05) is 0 Å². The minimum absolute atomic E-state index is 0.306. The van der Waals surface area contributed by atoms with Gasteiger partial charge in [-0.3, -0.25) is 9.59 Å². The lowest BCUT2D eigenvalue weighted by Crippen LogP contribution is -2.45. The van der Waals surface area contributed by atoms with E-state index in [4.69, 9.17) is 0 Å². The third-order valence-corrected chi connectivity index (χ3v) is 4.15. The quantitative estimate of drug-likeness (QED) is 0.779. The normalized spacial score (nSPS) is 19.9. The van der Waals surface area contributed by atoms with Gasteiger partial charge in [0.15, 0.2) is 5.69 Å². The summed E-state index contributed by atoms with van der Waals surface area (Å²) in [5.74, 6) is -3.94. The SMILES string of the molecule is O=C(N[C@@H]1CN(C(=O)Cn2nccn2)C[C@H]1C(F)(F)F)c1ncccc1O. The Hall–Kier alpha value is -3.18. The van der Waals surface area contributed by atoms with Crippen LogP contribution in [0.15, 0.2) is 30.7 Å². The molecule has 1 fully saturated rings. The number of carbonyl (C=O) groups excluding carboxylic acids is 2. The highest BCUT2D eigenvalue weighted by Gasteiger charge is 2.51. The molecule has 3 rings (SSSR count). The summed E-state index contributed by atoms with van der Waals surface area (Å²) in [5, 5.41) is 19.3. The van der Waals surface area contributed by atoms with Crippen molar-refractivity contribution in [1.82, 2.24) is 30.2 Å². The molecule has 144 valence electrons. The van der Waals surface area contributed by atoms with Crippen LogP contribution in [0.3, 0.4) is 0 Å². The Morgan fingerprint density at radius 3 is 2.56 bits per heavy atom. The molecule has 0 spiro atoms. The van der Waals surface area contributed by atoms with E-state index in [1.807, 2.05) is 0 Å². The largest absolute Gasteiger partial charge is 0.505 e. The third kappa shape index (κ3) is 4.15. The van der Waals surface area contributed by atoms with E-state index in [1.54, 1.807) is 0 Å². The number of hydrogen-bond donors (Lipinski definition) is 2. The van der Waals surface area contributed by atoms with E-state index in [0.29, 0.717) is 0 Å². The Balaban J connectivity index is 1.73. The van der Waals surface area contributed by atoms with E-state index in [2.05, 4.69) is 20.5 Å². The second kappa shape index (κ2) is 7.21. The van der Waals surface area contributed by atoms with Crippen LogP contribution < -0.4 is 5.32 Å². The maximum absolute atomic E-state index is 13.4. The van der Waals surface area contributed by atoms with Crippen molar-refractivity contribution in [3.63, 3.8) is 0 Å². The molecular weight excluding hydrogens is 369 g/mol. The van der Waals surface area contributed by atoms with E-state index in [0.717, 1.165) is 9.70 Å². The van der Waals surface area contributed by atoms with E-state index >= 15 is 0 Å². The molecule has 0 aliphatic carbocycles. The molecule has 0 saturated carbocycles. The van der Waals surface area contributed by atoms with Crippen molar-refractivity contribution in [2.75, 3.05) is 13.1 Å². The molecule has 0 aromatic carbocycles. The number of nitrogens with one attached hydrogen (secondary N) is 1. The van der Waals surface area contributed by atoms with Crippen molar-refractivity contribution in [3.05, 3.63) is 36.4 Å². The van der Waals surface area contributed by atoms with Gasteiger partial charge in [-0.05, 0) is 12.1 Å². The molecule has 12 heteroatoms. The number of likely N-dealkylation sites (tertiary alicyclic amines) is 1. The molecule has 0 radical (unpaired) electrons. The molecule has 9 nitrogen and oxygen atoms in total. The van der Waals surface area contributed by atoms with Crippen LogP contribution >= 0.6 is 0 Å². The average molecular weight is 384 g/mol. The van der Waals surface area contributed by atoms with E-state index in [9.17, 15) is 27.9 Å². The van der Waals surface area contributed by atoms with Crippen LogP contribution in [0.2, 0.25) is 0 Å². The van der Waals surface area contributed by atoms with Gasteiger partial charge in [0.05, 0.1) is 24.4 Å². The van der Waals surface area contributed by atoms with Gasteiger partial charge < -0.3 is 15.3 Å². The Morgan fingerprint density at radius 1 is 1.22 bits per heavy atom. The van der Waals surface area contributed by atoms with Gasteiger partial charge in [0, 0.05) is 19.3 Å². The fourth-order valence-electron chi connectivity index (χ4n) is 2.84. The van der Waals surface area contributed by atoms with Gasteiger partial charge in [0.2, 0.25) is 5.91 Å². The second-order valence-electron chi connectivity index (χ2n) is 5.96. The average Bonchev–Trinajstić information content (AvgIpc) is 3.24. The lowest BCUT2D eigenvalue weighted by Gasteiger charge is -2.21. The first-order valence-corrected chi connectivity index (χ1v) is 7.89. The molecule has 2 aromatic rings. The van der Waals surface area contributed by atoms with Crippen molar-refractivity contribution >= 4 is 11.8 Å². The first kappa shape index (κ1) is 18.6. The van der Waals surface area contributed by atoms with Crippen molar-refractivity contribution in [1.29, 1.82) is 0 Å². The smallest absolute Gasteiger partial charge is 0.395 e. The van der Waals surface area contributed by atoms with Crippen LogP contribution in [0.25, 0.3) is 0 Å². The molecule has 2 aromatic heterocycles. The summed E-state index contributed by atoms with van der Waals surface area (Å²) in [7, 11) is 0. The number of pyridine rings is 1. The summed E-state index contributed by atoms with van der Waals surface area (Å²) < 4.78 is 40.1. The van der Waals surface area contributed by atoms with Crippen LogP contribution in [0, 0.1) is 5.92 Å². The van der Waals surface area contributed by atoms with Crippen molar-refractivity contribution in [3.8, 4) is 5.75 Å². The minimum Gasteiger partial charge on any atom is -0.505 e. The van der Waals surface area contributed by atoms with E-state index in [1.165, 1.54) is 30.7 Å². The molecule has 0 bridgehead atoms. The van der Waals surface area contributed by atoms with Crippen LogP contribution in [-0.2, 0) is 11.3 Å². The number of aromatic nitrogens is 4. The van der Waals surface area contributed by atoms with Crippen LogP contribution in [0.5, 0.6) is 5.75 Å². The third-order valence-electron chi connectivity index (χ3n) is 4.15. The zero-order chi connectivity index (χ0) is 19.6. The summed E-state index contributed by atoms with van der Waals surface area (Å²) in [6.07, 6.45) is -0.698. The van der Waals surface area contributed by atoms with Crippen molar-refractivity contribution in [2.24, 2.45) is 5.92 Å². The minimum atomic E-state index is -4.62. The number of hydrogen-bond acceptors (Lipinski definition) is 6. The summed E-state index contributed by atoms with van der Waals surface area (Å²) >= 11 is 0. The maximum Gasteiger partial charge on any atom is 0.395 e. The molecule has 0 unspecified atom stereocenters. The Bertz CT molecular complexity index is 826. The number of carbonyl (C=O) groups is 2. The molecule has 1 aliphatic rings. The maximum atomic E-state index is 13.4. The molecule has 3 heterocycles. The zero-order valence-corrected chi connectivity index (χ0v) is 13.8. The second-order valence-corrected chi connectivity index (χ2v) is 5.96. The fourth-order valence-corrected chi connectivity index (χ4v) is 2.84. The number of nitrogens with zero attached hydrogens (tertiary/aromatic N) is 5. The summed E-state index contributed by atoms with van der Waals surface area (Å²) in [6, 6.07) is 1.21. The fraction of sp³-hybridized carbons (Fsp3) is 0.400. The number of aromatic hydroxyl groups is 1. The van der Waals surface area contributed by atoms with Crippen molar-refractivity contribution in [2.45, 2.75) is 18.8 Å². The molecule has 1 aliphatic heterocycles. The molecule has 2 atom stereocenters. The predicted octanol–water partition coefficient (Wildman–Crippen LogP) is 0.198. The molecular formula is C15H15F3N6O3. The highest BCUT2D eigenvalue weighted by Crippen LogP contribution is 2.34. The van der Waals surface area contributed by atoms with Gasteiger partial charge in [0.25, 0.3) is 5.91 Å². The number of halogens is 3. The first-order valence-electron chi connectivity index (χ1n) is 7.89. The molecule has 2 amide bonds. The highest BCUT2D eigenvalue weighted by molar-refractivity contribution is 5.95. The monoisotopic (exact) mass is 384 g/mol. The van der Waals surface area contributed by atoms with Gasteiger partial charge in [-0.25, -0.2) is 4.98 Å². The topological polar surface area (TPSA) is 113 Å². The van der Waals surface area contributed by atoms with Gasteiger partial charge in [-0.15, -0.1) is 0 Å². The Labute approximate surface area is 150 Å². The summed E-state index contributed by atoms with van der Waals surface area (Å²) in [6.45, 7) is -1.23. The van der Waals surface area contributed by atoms with Gasteiger partial charge in [-0.2, -0.15) is 28.2 Å². The molecule has 1 saturated heterocycles. The lowest BCUT2D eigenvalue weighted by molar-refractivity contribution is -0.175. The zero-order valence-electron chi connectivity index (χ0n) is 13.8. The van der Waals surface area contributed by atoms with Crippen LogP contribution in [0.4, 0.5) is 13.2 Å².